The Morgan fingerprint density at radius 1 is 1.39 bits per heavy atom. The van der Waals surface area contributed by atoms with Gasteiger partial charge in [0.2, 0.25) is 0 Å². The van der Waals surface area contributed by atoms with Crippen LogP contribution in [0.2, 0.25) is 0 Å². The number of hydrogen-bond acceptors (Lipinski definition) is 3. The molecule has 4 heteroatoms. The Morgan fingerprint density at radius 2 is 2.11 bits per heavy atom. The fourth-order valence-corrected chi connectivity index (χ4v) is 2.71. The van der Waals surface area contributed by atoms with Crippen LogP contribution in [-0.4, -0.2) is 31.6 Å². The number of nitrogens with two attached hydrogens (primary N) is 1. The SMILES string of the molecule is CCCN(CC)C(CN)c1cc(OC)ccc1Br. The molecule has 1 aromatic rings. The largest absolute Gasteiger partial charge is 0.497 e. The molecule has 0 spiro atoms. The first-order valence-corrected chi connectivity index (χ1v) is 7.24. The Labute approximate surface area is 118 Å². The average molecular weight is 315 g/mol. The van der Waals surface area contributed by atoms with Gasteiger partial charge in [-0.2, -0.15) is 0 Å². The van der Waals surface area contributed by atoms with Crippen molar-refractivity contribution in [1.29, 1.82) is 0 Å². The van der Waals surface area contributed by atoms with Crippen molar-refractivity contribution in [3.63, 3.8) is 0 Å². The van der Waals surface area contributed by atoms with E-state index in [2.05, 4.69) is 40.7 Å². The molecule has 0 heterocycles. The molecule has 0 fully saturated rings. The van der Waals surface area contributed by atoms with Gasteiger partial charge in [-0.25, -0.2) is 0 Å². The highest BCUT2D eigenvalue weighted by Gasteiger charge is 2.19. The van der Waals surface area contributed by atoms with E-state index < -0.39 is 0 Å². The van der Waals surface area contributed by atoms with Gasteiger partial charge < -0.3 is 10.5 Å². The zero-order chi connectivity index (χ0) is 13.5. The summed E-state index contributed by atoms with van der Waals surface area (Å²) in [6.07, 6.45) is 1.13. The highest BCUT2D eigenvalue weighted by molar-refractivity contribution is 9.10. The lowest BCUT2D eigenvalue weighted by molar-refractivity contribution is 0.212. The zero-order valence-corrected chi connectivity index (χ0v) is 13.0. The van der Waals surface area contributed by atoms with E-state index in [0.717, 1.165) is 29.7 Å². The lowest BCUT2D eigenvalue weighted by atomic mass is 10.0. The van der Waals surface area contributed by atoms with Crippen LogP contribution in [0.1, 0.15) is 31.9 Å². The Kier molecular flexibility index (Phi) is 6.68. The maximum absolute atomic E-state index is 5.97. The molecule has 0 aliphatic heterocycles. The molecule has 0 saturated heterocycles. The molecule has 0 aromatic heterocycles. The van der Waals surface area contributed by atoms with Crippen molar-refractivity contribution in [2.45, 2.75) is 26.3 Å². The van der Waals surface area contributed by atoms with Crippen LogP contribution in [0.25, 0.3) is 0 Å². The predicted molar refractivity (Wildman–Crippen MR) is 80.0 cm³/mol. The van der Waals surface area contributed by atoms with Crippen molar-refractivity contribution in [2.75, 3.05) is 26.7 Å². The summed E-state index contributed by atoms with van der Waals surface area (Å²) in [4.78, 5) is 2.40. The molecular weight excluding hydrogens is 292 g/mol. The summed E-state index contributed by atoms with van der Waals surface area (Å²) in [5, 5.41) is 0. The first kappa shape index (κ1) is 15.5. The fraction of sp³-hybridized carbons (Fsp3) is 0.571. The molecule has 1 atom stereocenters. The minimum absolute atomic E-state index is 0.236. The van der Waals surface area contributed by atoms with Crippen LogP contribution in [0.3, 0.4) is 0 Å². The molecule has 2 N–H and O–H groups in total. The van der Waals surface area contributed by atoms with Crippen molar-refractivity contribution in [1.82, 2.24) is 4.90 Å². The van der Waals surface area contributed by atoms with Crippen LogP contribution < -0.4 is 10.5 Å². The standard InChI is InChI=1S/C14H23BrN2O/c1-4-8-17(5-2)14(10-16)12-9-11(18-3)6-7-13(12)15/h6-7,9,14H,4-5,8,10,16H2,1-3H3. The summed E-state index contributed by atoms with van der Waals surface area (Å²) in [5.74, 6) is 0.874. The van der Waals surface area contributed by atoms with Gasteiger partial charge in [0.1, 0.15) is 5.75 Å². The van der Waals surface area contributed by atoms with Gasteiger partial charge in [0.05, 0.1) is 7.11 Å². The summed E-state index contributed by atoms with van der Waals surface area (Å²) < 4.78 is 6.39. The molecule has 0 aliphatic rings. The highest BCUT2D eigenvalue weighted by atomic mass is 79.9. The van der Waals surface area contributed by atoms with Crippen LogP contribution in [0.15, 0.2) is 22.7 Å². The Bertz CT molecular complexity index is 371. The van der Waals surface area contributed by atoms with Crippen LogP contribution in [0.4, 0.5) is 0 Å². The van der Waals surface area contributed by atoms with Gasteiger partial charge in [0.15, 0.2) is 0 Å². The number of ether oxygens (including phenoxy) is 1. The van der Waals surface area contributed by atoms with Crippen molar-refractivity contribution in [2.24, 2.45) is 5.73 Å². The molecule has 18 heavy (non-hydrogen) atoms. The zero-order valence-electron chi connectivity index (χ0n) is 11.4. The minimum atomic E-state index is 0.236. The number of nitrogens with zero attached hydrogens (tertiary/aromatic N) is 1. The van der Waals surface area contributed by atoms with Gasteiger partial charge in [-0.1, -0.05) is 29.8 Å². The number of benzene rings is 1. The third-order valence-electron chi connectivity index (χ3n) is 3.14. The van der Waals surface area contributed by atoms with Gasteiger partial charge in [-0.3, -0.25) is 4.90 Å². The topological polar surface area (TPSA) is 38.5 Å². The summed E-state index contributed by atoms with van der Waals surface area (Å²) in [6, 6.07) is 6.28. The van der Waals surface area contributed by atoms with E-state index in [1.807, 2.05) is 12.1 Å². The van der Waals surface area contributed by atoms with Gasteiger partial charge in [0, 0.05) is 17.1 Å². The van der Waals surface area contributed by atoms with E-state index in [1.165, 1.54) is 5.56 Å². The predicted octanol–water partition coefficient (Wildman–Crippen LogP) is 3.19. The first-order valence-electron chi connectivity index (χ1n) is 6.45. The van der Waals surface area contributed by atoms with Gasteiger partial charge in [-0.05, 0) is 43.3 Å². The number of likely N-dealkylation sites (N-methyl/N-ethyl adjacent to an activating group) is 1. The third-order valence-corrected chi connectivity index (χ3v) is 3.87. The molecule has 0 aliphatic carbocycles. The van der Waals surface area contributed by atoms with E-state index in [1.54, 1.807) is 7.11 Å². The van der Waals surface area contributed by atoms with Crippen LogP contribution in [-0.2, 0) is 0 Å². The molecule has 1 unspecified atom stereocenters. The fourth-order valence-electron chi connectivity index (χ4n) is 2.20. The van der Waals surface area contributed by atoms with E-state index >= 15 is 0 Å². The molecule has 1 aromatic carbocycles. The Hall–Kier alpha value is -0.580. The van der Waals surface area contributed by atoms with Crippen molar-refractivity contribution in [3.05, 3.63) is 28.2 Å². The van der Waals surface area contributed by atoms with Crippen LogP contribution in [0.5, 0.6) is 5.75 Å². The summed E-state index contributed by atoms with van der Waals surface area (Å²) in [5.41, 5.74) is 7.17. The quantitative estimate of drug-likeness (QED) is 0.840. The Morgan fingerprint density at radius 3 is 2.61 bits per heavy atom. The second-order valence-corrected chi connectivity index (χ2v) is 5.12. The van der Waals surface area contributed by atoms with Gasteiger partial charge >= 0.3 is 0 Å². The molecule has 3 nitrogen and oxygen atoms in total. The summed E-state index contributed by atoms with van der Waals surface area (Å²) in [7, 11) is 1.69. The van der Waals surface area contributed by atoms with Crippen LogP contribution in [0, 0.1) is 0 Å². The maximum atomic E-state index is 5.97. The molecule has 0 bridgehead atoms. The monoisotopic (exact) mass is 314 g/mol. The second-order valence-electron chi connectivity index (χ2n) is 4.27. The second kappa shape index (κ2) is 7.77. The summed E-state index contributed by atoms with van der Waals surface area (Å²) in [6.45, 7) is 7.03. The first-order chi connectivity index (χ1) is 8.67. The minimum Gasteiger partial charge on any atom is -0.497 e. The average Bonchev–Trinajstić information content (AvgIpc) is 2.40. The van der Waals surface area contributed by atoms with Crippen LogP contribution >= 0.6 is 15.9 Å². The highest BCUT2D eigenvalue weighted by Crippen LogP contribution is 2.30. The normalized spacial score (nSPS) is 12.8. The van der Waals surface area contributed by atoms with Gasteiger partial charge in [0.25, 0.3) is 0 Å². The van der Waals surface area contributed by atoms with Crippen molar-refractivity contribution < 1.29 is 4.74 Å². The molecule has 0 saturated carbocycles. The van der Waals surface area contributed by atoms with E-state index in [-0.39, 0.29) is 6.04 Å². The molecule has 1 rings (SSSR count). The molecule has 0 radical (unpaired) electrons. The Balaban J connectivity index is 3.06. The molecule has 0 amide bonds. The lowest BCUT2D eigenvalue weighted by Crippen LogP contribution is -2.34. The maximum Gasteiger partial charge on any atom is 0.119 e. The van der Waals surface area contributed by atoms with Gasteiger partial charge in [-0.15, -0.1) is 0 Å². The van der Waals surface area contributed by atoms with Crippen molar-refractivity contribution >= 4 is 15.9 Å². The number of hydrogen-bond donors (Lipinski definition) is 1. The lowest BCUT2D eigenvalue weighted by Gasteiger charge is -2.30. The van der Waals surface area contributed by atoms with Crippen molar-refractivity contribution in [3.8, 4) is 5.75 Å². The smallest absolute Gasteiger partial charge is 0.119 e. The summed E-state index contributed by atoms with van der Waals surface area (Å²) >= 11 is 3.61. The van der Waals surface area contributed by atoms with E-state index in [9.17, 15) is 0 Å². The number of methoxy groups -OCH3 is 1. The number of rotatable bonds is 7. The number of halogens is 1. The van der Waals surface area contributed by atoms with E-state index in [0.29, 0.717) is 6.54 Å². The van der Waals surface area contributed by atoms with E-state index in [4.69, 9.17) is 10.5 Å². The third kappa shape index (κ3) is 3.70. The molecular formula is C14H23BrN2O. The molecule has 102 valence electrons.